The minimum Gasteiger partial charge on any atom is -0.480 e. The Bertz CT molecular complexity index is 616. The van der Waals surface area contributed by atoms with Crippen molar-refractivity contribution in [3.63, 3.8) is 0 Å². The SMILES string of the molecule is CCS(=O)(=O)Cc1ccc(C(=O)NC(C)(C)C(=O)O)s1. The predicted molar refractivity (Wildman–Crippen MR) is 76.7 cm³/mol. The minimum absolute atomic E-state index is 0.0402. The predicted octanol–water partition coefficient (Wildman–Crippen LogP) is 1.28. The largest absolute Gasteiger partial charge is 0.480 e. The number of thiophene rings is 1. The van der Waals surface area contributed by atoms with Gasteiger partial charge in [-0.05, 0) is 26.0 Å². The summed E-state index contributed by atoms with van der Waals surface area (Å²) in [4.78, 5) is 23.7. The van der Waals surface area contributed by atoms with Crippen molar-refractivity contribution in [3.05, 3.63) is 21.9 Å². The average Bonchev–Trinajstić information content (AvgIpc) is 2.76. The molecule has 6 nitrogen and oxygen atoms in total. The van der Waals surface area contributed by atoms with Gasteiger partial charge in [0.2, 0.25) is 0 Å². The van der Waals surface area contributed by atoms with Crippen molar-refractivity contribution < 1.29 is 23.1 Å². The van der Waals surface area contributed by atoms with E-state index in [1.54, 1.807) is 13.0 Å². The number of sulfone groups is 1. The zero-order valence-corrected chi connectivity index (χ0v) is 13.1. The van der Waals surface area contributed by atoms with Gasteiger partial charge in [0.05, 0.1) is 10.6 Å². The van der Waals surface area contributed by atoms with Gasteiger partial charge in [0.15, 0.2) is 9.84 Å². The molecule has 112 valence electrons. The smallest absolute Gasteiger partial charge is 0.328 e. The highest BCUT2D eigenvalue weighted by molar-refractivity contribution is 7.90. The molecule has 0 aliphatic carbocycles. The Morgan fingerprint density at radius 2 is 1.95 bits per heavy atom. The zero-order valence-electron chi connectivity index (χ0n) is 11.5. The van der Waals surface area contributed by atoms with Gasteiger partial charge in [-0.2, -0.15) is 0 Å². The molecular formula is C12H17NO5S2. The Balaban J connectivity index is 2.82. The normalized spacial score (nSPS) is 12.2. The number of carbonyl (C=O) groups excluding carboxylic acids is 1. The van der Waals surface area contributed by atoms with Crippen LogP contribution in [-0.4, -0.2) is 36.7 Å². The number of aliphatic carboxylic acids is 1. The molecule has 0 saturated heterocycles. The van der Waals surface area contributed by atoms with E-state index in [1.165, 1.54) is 19.9 Å². The highest BCUT2D eigenvalue weighted by Gasteiger charge is 2.29. The lowest BCUT2D eigenvalue weighted by atomic mass is 10.1. The lowest BCUT2D eigenvalue weighted by molar-refractivity contribution is -0.143. The summed E-state index contributed by atoms with van der Waals surface area (Å²) in [5, 5.41) is 11.3. The third-order valence-electron chi connectivity index (χ3n) is 2.65. The van der Waals surface area contributed by atoms with Gasteiger partial charge in [0, 0.05) is 10.6 Å². The lowest BCUT2D eigenvalue weighted by Gasteiger charge is -2.20. The van der Waals surface area contributed by atoms with Crippen LogP contribution >= 0.6 is 11.3 Å². The van der Waals surface area contributed by atoms with Crippen molar-refractivity contribution in [2.75, 3.05) is 5.75 Å². The molecule has 1 rings (SSSR count). The van der Waals surface area contributed by atoms with Crippen LogP contribution < -0.4 is 5.32 Å². The third kappa shape index (κ3) is 4.31. The van der Waals surface area contributed by atoms with Crippen LogP contribution in [0, 0.1) is 0 Å². The zero-order chi connectivity index (χ0) is 15.6. The first-order chi connectivity index (χ1) is 9.07. The van der Waals surface area contributed by atoms with Gasteiger partial charge < -0.3 is 10.4 Å². The van der Waals surface area contributed by atoms with Crippen molar-refractivity contribution in [2.24, 2.45) is 0 Å². The summed E-state index contributed by atoms with van der Waals surface area (Å²) < 4.78 is 23.0. The van der Waals surface area contributed by atoms with Crippen LogP contribution in [0.25, 0.3) is 0 Å². The molecule has 20 heavy (non-hydrogen) atoms. The molecule has 1 aromatic heterocycles. The maximum absolute atomic E-state index is 11.9. The molecule has 1 heterocycles. The molecule has 1 amide bonds. The Morgan fingerprint density at radius 3 is 2.45 bits per heavy atom. The molecule has 0 unspecified atom stereocenters. The van der Waals surface area contributed by atoms with Gasteiger partial charge in [-0.3, -0.25) is 4.79 Å². The van der Waals surface area contributed by atoms with Gasteiger partial charge in [-0.15, -0.1) is 11.3 Å². The third-order valence-corrected chi connectivity index (χ3v) is 5.55. The number of nitrogens with one attached hydrogen (secondary N) is 1. The Morgan fingerprint density at radius 1 is 1.35 bits per heavy atom. The van der Waals surface area contributed by atoms with Crippen molar-refractivity contribution in [1.29, 1.82) is 0 Å². The highest BCUT2D eigenvalue weighted by Crippen LogP contribution is 2.20. The first kappa shape index (κ1) is 16.6. The summed E-state index contributed by atoms with van der Waals surface area (Å²) in [6.07, 6.45) is 0. The van der Waals surface area contributed by atoms with Gasteiger partial charge >= 0.3 is 5.97 Å². The van der Waals surface area contributed by atoms with Crippen LogP contribution in [0.1, 0.15) is 35.3 Å². The van der Waals surface area contributed by atoms with E-state index in [1.807, 2.05) is 0 Å². The molecule has 0 aliphatic heterocycles. The van der Waals surface area contributed by atoms with Crippen LogP contribution in [0.5, 0.6) is 0 Å². The molecule has 0 saturated carbocycles. The second-order valence-corrected chi connectivity index (χ2v) is 8.35. The van der Waals surface area contributed by atoms with Gasteiger partial charge in [0.1, 0.15) is 5.54 Å². The highest BCUT2D eigenvalue weighted by atomic mass is 32.2. The molecular weight excluding hydrogens is 302 g/mol. The van der Waals surface area contributed by atoms with E-state index >= 15 is 0 Å². The Hall–Kier alpha value is -1.41. The summed E-state index contributed by atoms with van der Waals surface area (Å²) >= 11 is 1.05. The number of carboxylic acids is 1. The fraction of sp³-hybridized carbons (Fsp3) is 0.500. The van der Waals surface area contributed by atoms with Crippen LogP contribution in [-0.2, 0) is 20.4 Å². The second-order valence-electron chi connectivity index (χ2n) is 4.83. The number of carboxylic acid groups (broad SMARTS) is 1. The number of amides is 1. The van der Waals surface area contributed by atoms with E-state index in [0.29, 0.717) is 9.75 Å². The van der Waals surface area contributed by atoms with Crippen molar-refractivity contribution >= 4 is 33.1 Å². The van der Waals surface area contributed by atoms with Crippen LogP contribution in [0.4, 0.5) is 0 Å². The monoisotopic (exact) mass is 319 g/mol. The van der Waals surface area contributed by atoms with E-state index in [4.69, 9.17) is 5.11 Å². The topological polar surface area (TPSA) is 101 Å². The number of carbonyl (C=O) groups is 2. The molecule has 0 aromatic carbocycles. The molecule has 8 heteroatoms. The standard InChI is InChI=1S/C12H17NO5S2/c1-4-20(17,18)7-8-5-6-9(19-8)10(14)13-12(2,3)11(15)16/h5-6H,4,7H2,1-3H3,(H,13,14)(H,15,16). The van der Waals surface area contributed by atoms with Gasteiger partial charge in [0.25, 0.3) is 5.91 Å². The summed E-state index contributed by atoms with van der Waals surface area (Å²) in [6.45, 7) is 4.32. The maximum Gasteiger partial charge on any atom is 0.328 e. The molecule has 0 aliphatic rings. The molecule has 0 spiro atoms. The average molecular weight is 319 g/mol. The van der Waals surface area contributed by atoms with Gasteiger partial charge in [-0.1, -0.05) is 6.92 Å². The van der Waals surface area contributed by atoms with E-state index in [-0.39, 0.29) is 11.5 Å². The summed E-state index contributed by atoms with van der Waals surface area (Å²) in [5.41, 5.74) is -1.38. The Labute approximate surface area is 121 Å². The molecule has 0 atom stereocenters. The fourth-order valence-corrected chi connectivity index (χ4v) is 3.50. The van der Waals surface area contributed by atoms with E-state index in [0.717, 1.165) is 11.3 Å². The summed E-state index contributed by atoms with van der Waals surface area (Å²) in [5.74, 6) is -1.74. The molecule has 0 fully saturated rings. The van der Waals surface area contributed by atoms with Crippen LogP contribution in [0.3, 0.4) is 0 Å². The van der Waals surface area contributed by atoms with E-state index < -0.39 is 27.3 Å². The van der Waals surface area contributed by atoms with Crippen LogP contribution in [0.15, 0.2) is 12.1 Å². The number of hydrogen-bond acceptors (Lipinski definition) is 5. The molecule has 2 N–H and O–H groups in total. The van der Waals surface area contributed by atoms with Crippen molar-refractivity contribution in [2.45, 2.75) is 32.1 Å². The summed E-state index contributed by atoms with van der Waals surface area (Å²) in [6, 6.07) is 3.07. The first-order valence-corrected chi connectivity index (χ1v) is 8.56. The number of rotatable bonds is 6. The Kier molecular flexibility index (Phi) is 4.93. The van der Waals surface area contributed by atoms with Crippen molar-refractivity contribution in [1.82, 2.24) is 5.32 Å². The molecule has 1 aromatic rings. The van der Waals surface area contributed by atoms with E-state index in [9.17, 15) is 18.0 Å². The second kappa shape index (κ2) is 5.92. The quantitative estimate of drug-likeness (QED) is 0.822. The molecule has 0 radical (unpaired) electrons. The minimum atomic E-state index is -3.15. The lowest BCUT2D eigenvalue weighted by Crippen LogP contribution is -2.49. The van der Waals surface area contributed by atoms with Gasteiger partial charge in [-0.25, -0.2) is 13.2 Å². The fourth-order valence-electron chi connectivity index (χ4n) is 1.30. The van der Waals surface area contributed by atoms with Crippen LogP contribution in [0.2, 0.25) is 0 Å². The first-order valence-electron chi connectivity index (χ1n) is 5.92. The van der Waals surface area contributed by atoms with Crippen molar-refractivity contribution in [3.8, 4) is 0 Å². The maximum atomic E-state index is 11.9. The molecule has 0 bridgehead atoms. The van der Waals surface area contributed by atoms with E-state index in [2.05, 4.69) is 5.32 Å². The summed E-state index contributed by atoms with van der Waals surface area (Å²) in [7, 11) is -3.15. The number of hydrogen-bond donors (Lipinski definition) is 2.